The van der Waals surface area contributed by atoms with Gasteiger partial charge in [-0.15, -0.1) is 10.2 Å². The molecule has 1 aliphatic rings. The number of nitrogens with one attached hydrogen (secondary N) is 2. The zero-order valence-electron chi connectivity index (χ0n) is 13.6. The quantitative estimate of drug-likeness (QED) is 0.855. The SMILES string of the molecule is CC1(CNC(=O)Cn2nnc(-c3ccc(Cl)cc3)n2)CCNCC1. The van der Waals surface area contributed by atoms with Gasteiger partial charge in [0.05, 0.1) is 0 Å². The predicted molar refractivity (Wildman–Crippen MR) is 91.5 cm³/mol. The highest BCUT2D eigenvalue weighted by molar-refractivity contribution is 6.30. The topological polar surface area (TPSA) is 84.7 Å². The lowest BCUT2D eigenvalue weighted by molar-refractivity contribution is -0.122. The van der Waals surface area contributed by atoms with Crippen LogP contribution in [0.1, 0.15) is 19.8 Å². The average Bonchev–Trinajstić information content (AvgIpc) is 3.03. The molecule has 0 aliphatic carbocycles. The average molecular weight is 349 g/mol. The van der Waals surface area contributed by atoms with Crippen molar-refractivity contribution in [2.45, 2.75) is 26.3 Å². The van der Waals surface area contributed by atoms with E-state index in [2.05, 4.69) is 33.0 Å². The summed E-state index contributed by atoms with van der Waals surface area (Å²) in [4.78, 5) is 13.4. The van der Waals surface area contributed by atoms with Crippen molar-refractivity contribution in [2.24, 2.45) is 5.41 Å². The minimum atomic E-state index is -0.102. The van der Waals surface area contributed by atoms with Gasteiger partial charge in [0.2, 0.25) is 11.7 Å². The molecule has 128 valence electrons. The van der Waals surface area contributed by atoms with Crippen LogP contribution < -0.4 is 10.6 Å². The van der Waals surface area contributed by atoms with Gasteiger partial charge >= 0.3 is 0 Å². The van der Waals surface area contributed by atoms with Gasteiger partial charge in [0.15, 0.2) is 0 Å². The normalized spacial score (nSPS) is 16.8. The summed E-state index contributed by atoms with van der Waals surface area (Å²) in [5.41, 5.74) is 0.971. The van der Waals surface area contributed by atoms with E-state index < -0.39 is 0 Å². The molecule has 7 nitrogen and oxygen atoms in total. The lowest BCUT2D eigenvalue weighted by atomic mass is 9.81. The molecule has 0 atom stereocenters. The van der Waals surface area contributed by atoms with Crippen molar-refractivity contribution >= 4 is 17.5 Å². The first-order chi connectivity index (χ1) is 11.5. The molecule has 1 aromatic carbocycles. The van der Waals surface area contributed by atoms with E-state index in [1.165, 1.54) is 4.80 Å². The van der Waals surface area contributed by atoms with Gasteiger partial charge in [0.1, 0.15) is 6.54 Å². The molecule has 2 heterocycles. The summed E-state index contributed by atoms with van der Waals surface area (Å²) < 4.78 is 0. The second kappa shape index (κ2) is 7.27. The van der Waals surface area contributed by atoms with Crippen molar-refractivity contribution < 1.29 is 4.79 Å². The highest BCUT2D eigenvalue weighted by Crippen LogP contribution is 2.26. The number of hydrogen-bond acceptors (Lipinski definition) is 5. The number of tetrazole rings is 1. The molecule has 8 heteroatoms. The summed E-state index contributed by atoms with van der Waals surface area (Å²) in [6.45, 7) is 4.95. The fourth-order valence-corrected chi connectivity index (χ4v) is 2.85. The van der Waals surface area contributed by atoms with Crippen LogP contribution in [0.4, 0.5) is 0 Å². The molecule has 1 saturated heterocycles. The minimum absolute atomic E-state index is 0.0644. The molecule has 0 bridgehead atoms. The monoisotopic (exact) mass is 348 g/mol. The van der Waals surface area contributed by atoms with E-state index in [4.69, 9.17) is 11.6 Å². The van der Waals surface area contributed by atoms with Crippen molar-refractivity contribution in [1.82, 2.24) is 30.8 Å². The summed E-state index contributed by atoms with van der Waals surface area (Å²) in [7, 11) is 0. The smallest absolute Gasteiger partial charge is 0.243 e. The van der Waals surface area contributed by atoms with Crippen LogP contribution in [-0.4, -0.2) is 45.7 Å². The van der Waals surface area contributed by atoms with E-state index in [0.29, 0.717) is 17.4 Å². The number of nitrogens with zero attached hydrogens (tertiary/aromatic N) is 4. The van der Waals surface area contributed by atoms with Crippen LogP contribution in [0.3, 0.4) is 0 Å². The van der Waals surface area contributed by atoms with Gasteiger partial charge in [0, 0.05) is 17.1 Å². The van der Waals surface area contributed by atoms with Gasteiger partial charge in [-0.05, 0) is 60.8 Å². The summed E-state index contributed by atoms with van der Waals surface area (Å²) in [5.74, 6) is 0.375. The first-order valence-electron chi connectivity index (χ1n) is 8.05. The van der Waals surface area contributed by atoms with Crippen molar-refractivity contribution in [3.63, 3.8) is 0 Å². The van der Waals surface area contributed by atoms with Gasteiger partial charge in [0.25, 0.3) is 0 Å². The van der Waals surface area contributed by atoms with Gasteiger partial charge in [-0.25, -0.2) is 0 Å². The van der Waals surface area contributed by atoms with E-state index in [9.17, 15) is 4.79 Å². The lowest BCUT2D eigenvalue weighted by Gasteiger charge is -2.34. The van der Waals surface area contributed by atoms with E-state index in [1.807, 2.05) is 12.1 Å². The van der Waals surface area contributed by atoms with Crippen LogP contribution in [-0.2, 0) is 11.3 Å². The van der Waals surface area contributed by atoms with Gasteiger partial charge < -0.3 is 10.6 Å². The Morgan fingerprint density at radius 2 is 2.04 bits per heavy atom. The fraction of sp³-hybridized carbons (Fsp3) is 0.500. The maximum Gasteiger partial charge on any atom is 0.243 e. The minimum Gasteiger partial charge on any atom is -0.354 e. The maximum absolute atomic E-state index is 12.1. The number of piperidine rings is 1. The van der Waals surface area contributed by atoms with Gasteiger partial charge in [-0.2, -0.15) is 4.80 Å². The summed E-state index contributed by atoms with van der Waals surface area (Å²) in [5, 5.41) is 19.1. The number of aromatic nitrogens is 4. The molecule has 0 radical (unpaired) electrons. The molecule has 0 spiro atoms. The van der Waals surface area contributed by atoms with Crippen LogP contribution >= 0.6 is 11.6 Å². The Bertz CT molecular complexity index is 693. The molecular weight excluding hydrogens is 328 g/mol. The van der Waals surface area contributed by atoms with E-state index >= 15 is 0 Å². The fourth-order valence-electron chi connectivity index (χ4n) is 2.73. The zero-order valence-corrected chi connectivity index (χ0v) is 14.4. The molecule has 1 amide bonds. The number of carbonyl (C=O) groups excluding carboxylic acids is 1. The largest absolute Gasteiger partial charge is 0.354 e. The molecular formula is C16H21ClN6O. The molecule has 1 fully saturated rings. The molecule has 3 rings (SSSR count). The Kier molecular flexibility index (Phi) is 5.11. The van der Waals surface area contributed by atoms with Crippen LogP contribution in [0.25, 0.3) is 11.4 Å². The number of carbonyl (C=O) groups is 1. The lowest BCUT2D eigenvalue weighted by Crippen LogP contribution is -2.43. The second-order valence-corrected chi connectivity index (χ2v) is 6.92. The third-order valence-corrected chi connectivity index (χ3v) is 4.62. The van der Waals surface area contributed by atoms with Crippen LogP contribution in [0, 0.1) is 5.41 Å². The second-order valence-electron chi connectivity index (χ2n) is 6.49. The number of benzene rings is 1. The van der Waals surface area contributed by atoms with E-state index in [0.717, 1.165) is 31.5 Å². The van der Waals surface area contributed by atoms with E-state index in [-0.39, 0.29) is 17.9 Å². The van der Waals surface area contributed by atoms with E-state index in [1.54, 1.807) is 12.1 Å². The predicted octanol–water partition coefficient (Wildman–Crippen LogP) is 1.50. The third-order valence-electron chi connectivity index (χ3n) is 4.36. The van der Waals surface area contributed by atoms with Crippen molar-refractivity contribution in [3.05, 3.63) is 29.3 Å². The Morgan fingerprint density at radius 1 is 1.33 bits per heavy atom. The molecule has 1 aliphatic heterocycles. The number of rotatable bonds is 5. The van der Waals surface area contributed by atoms with Crippen molar-refractivity contribution in [1.29, 1.82) is 0 Å². The first kappa shape index (κ1) is 16.9. The molecule has 0 saturated carbocycles. The Hall–Kier alpha value is -1.99. The third kappa shape index (κ3) is 4.30. The standard InChI is InChI=1S/C16H21ClN6O/c1-16(6-8-18-9-7-16)11-19-14(24)10-23-21-15(20-22-23)12-2-4-13(17)5-3-12/h2-5,18H,6-11H2,1H3,(H,19,24). The molecule has 2 aromatic rings. The van der Waals surface area contributed by atoms with Gasteiger partial charge in [-0.3, -0.25) is 4.79 Å². The van der Waals surface area contributed by atoms with Crippen molar-refractivity contribution in [2.75, 3.05) is 19.6 Å². The molecule has 2 N–H and O–H groups in total. The first-order valence-corrected chi connectivity index (χ1v) is 8.43. The number of amides is 1. The highest BCUT2D eigenvalue weighted by atomic mass is 35.5. The Labute approximate surface area is 145 Å². The molecule has 1 aromatic heterocycles. The molecule has 24 heavy (non-hydrogen) atoms. The number of hydrogen-bond donors (Lipinski definition) is 2. The van der Waals surface area contributed by atoms with Gasteiger partial charge in [-0.1, -0.05) is 18.5 Å². The highest BCUT2D eigenvalue weighted by Gasteiger charge is 2.27. The Morgan fingerprint density at radius 3 is 2.75 bits per heavy atom. The Balaban J connectivity index is 1.54. The summed E-state index contributed by atoms with van der Waals surface area (Å²) in [6, 6.07) is 7.18. The summed E-state index contributed by atoms with van der Waals surface area (Å²) in [6.07, 6.45) is 2.13. The maximum atomic E-state index is 12.1. The van der Waals surface area contributed by atoms with Crippen LogP contribution in [0.15, 0.2) is 24.3 Å². The summed E-state index contributed by atoms with van der Waals surface area (Å²) >= 11 is 5.86. The van der Waals surface area contributed by atoms with Crippen molar-refractivity contribution in [3.8, 4) is 11.4 Å². The number of halogens is 1. The molecule has 0 unspecified atom stereocenters. The zero-order chi connectivity index (χ0) is 17.0. The van der Waals surface area contributed by atoms with Crippen LogP contribution in [0.5, 0.6) is 0 Å². The van der Waals surface area contributed by atoms with Crippen LogP contribution in [0.2, 0.25) is 5.02 Å².